The molecule has 9 heteroatoms. The predicted octanol–water partition coefficient (Wildman–Crippen LogP) is 2.38. The number of hydrogen-bond acceptors (Lipinski definition) is 5. The van der Waals surface area contributed by atoms with Gasteiger partial charge in [0.15, 0.2) is 0 Å². The zero-order chi connectivity index (χ0) is 23.1. The first-order valence-corrected chi connectivity index (χ1v) is 10.2. The van der Waals surface area contributed by atoms with Crippen LogP contribution >= 0.6 is 0 Å². The van der Waals surface area contributed by atoms with Crippen molar-refractivity contribution in [1.29, 1.82) is 5.41 Å². The predicted molar refractivity (Wildman–Crippen MR) is 122 cm³/mol. The van der Waals surface area contributed by atoms with Crippen molar-refractivity contribution in [2.75, 3.05) is 19.0 Å². The molecular formula is C23H26FN5O3. The van der Waals surface area contributed by atoms with E-state index in [4.69, 9.17) is 15.9 Å². The Morgan fingerprint density at radius 2 is 1.62 bits per heavy atom. The Morgan fingerprint density at radius 3 is 2.22 bits per heavy atom. The highest BCUT2D eigenvalue weighted by atomic mass is 19.1. The van der Waals surface area contributed by atoms with E-state index in [1.807, 2.05) is 12.1 Å². The van der Waals surface area contributed by atoms with Crippen molar-refractivity contribution in [3.63, 3.8) is 0 Å². The normalized spacial score (nSPS) is 10.7. The smallest absolute Gasteiger partial charge is 0.333 e. The third kappa shape index (κ3) is 5.84. The molecule has 0 aliphatic heterocycles. The van der Waals surface area contributed by atoms with E-state index in [9.17, 15) is 14.0 Å². The van der Waals surface area contributed by atoms with Gasteiger partial charge in [-0.3, -0.25) is 19.3 Å². The molecule has 1 aromatic heterocycles. The van der Waals surface area contributed by atoms with Crippen LogP contribution in [0, 0.1) is 11.2 Å². The van der Waals surface area contributed by atoms with Gasteiger partial charge >= 0.3 is 5.69 Å². The van der Waals surface area contributed by atoms with Crippen LogP contribution in [0.1, 0.15) is 24.0 Å². The summed E-state index contributed by atoms with van der Waals surface area (Å²) >= 11 is 0. The molecule has 1 heterocycles. The van der Waals surface area contributed by atoms with Crippen LogP contribution < -0.4 is 27.0 Å². The number of amidine groups is 1. The molecule has 0 radical (unpaired) electrons. The van der Waals surface area contributed by atoms with Crippen LogP contribution in [0.5, 0.6) is 5.75 Å². The Labute approximate surface area is 184 Å². The molecule has 0 atom stereocenters. The number of nitrogens with one attached hydrogen (secondary N) is 2. The summed E-state index contributed by atoms with van der Waals surface area (Å²) in [6.07, 6.45) is 1.00. The van der Waals surface area contributed by atoms with Gasteiger partial charge in [-0.05, 0) is 41.8 Å². The number of methoxy groups -OCH3 is 1. The van der Waals surface area contributed by atoms with Gasteiger partial charge in [0.05, 0.1) is 26.0 Å². The van der Waals surface area contributed by atoms with Crippen molar-refractivity contribution in [3.05, 3.63) is 92.4 Å². The van der Waals surface area contributed by atoms with Gasteiger partial charge in [0.1, 0.15) is 17.4 Å². The van der Waals surface area contributed by atoms with Crippen molar-refractivity contribution < 1.29 is 9.13 Å². The van der Waals surface area contributed by atoms with Gasteiger partial charge < -0.3 is 15.8 Å². The number of nitrogens with two attached hydrogens (primary N) is 1. The minimum atomic E-state index is -0.480. The van der Waals surface area contributed by atoms with E-state index in [2.05, 4.69) is 5.32 Å². The number of anilines is 1. The quantitative estimate of drug-likeness (QED) is 0.255. The average molecular weight is 439 g/mol. The fourth-order valence-electron chi connectivity index (χ4n) is 3.24. The summed E-state index contributed by atoms with van der Waals surface area (Å²) in [5.74, 6) is 0.778. The highest BCUT2D eigenvalue weighted by Gasteiger charge is 2.13. The molecule has 0 unspecified atom stereocenters. The maximum absolute atomic E-state index is 13.3. The van der Waals surface area contributed by atoms with Crippen molar-refractivity contribution in [2.24, 2.45) is 5.73 Å². The number of ether oxygens (including phenoxy) is 1. The highest BCUT2D eigenvalue weighted by Crippen LogP contribution is 2.14. The molecule has 168 valence electrons. The van der Waals surface area contributed by atoms with Crippen LogP contribution in [-0.4, -0.2) is 28.6 Å². The number of halogens is 1. The topological polar surface area (TPSA) is 115 Å². The average Bonchev–Trinajstić information content (AvgIpc) is 2.78. The van der Waals surface area contributed by atoms with E-state index in [1.54, 1.807) is 31.4 Å². The fourth-order valence-corrected chi connectivity index (χ4v) is 3.24. The third-order valence-electron chi connectivity index (χ3n) is 4.96. The standard InChI is InChI=1S/C23H26FN5O3/c1-32-19-10-6-17(7-11-19)14-28-21(27-12-2-3-20(25)26)13-22(30)29(23(28)31)15-16-4-8-18(24)9-5-16/h4-11,13,27H,2-3,12,14-15H2,1H3,(H3,25,26). The summed E-state index contributed by atoms with van der Waals surface area (Å²) in [4.78, 5) is 26.0. The lowest BCUT2D eigenvalue weighted by Gasteiger charge is -2.17. The first-order chi connectivity index (χ1) is 15.4. The Bertz CT molecular complexity index is 1180. The van der Waals surface area contributed by atoms with E-state index in [-0.39, 0.29) is 24.7 Å². The van der Waals surface area contributed by atoms with E-state index < -0.39 is 11.2 Å². The van der Waals surface area contributed by atoms with Gasteiger partial charge in [-0.15, -0.1) is 0 Å². The molecule has 0 saturated heterocycles. The molecule has 0 amide bonds. The summed E-state index contributed by atoms with van der Waals surface area (Å²) in [6, 6.07) is 14.3. The SMILES string of the molecule is COc1ccc(Cn2c(NCCCC(=N)N)cc(=O)n(Cc3ccc(F)cc3)c2=O)cc1. The number of nitrogens with zero attached hydrogens (tertiary/aromatic N) is 2. The van der Waals surface area contributed by atoms with Gasteiger partial charge in [0.2, 0.25) is 0 Å². The monoisotopic (exact) mass is 439 g/mol. The van der Waals surface area contributed by atoms with Crippen molar-refractivity contribution in [3.8, 4) is 5.75 Å². The second kappa shape index (κ2) is 10.4. The zero-order valence-corrected chi connectivity index (χ0v) is 17.8. The van der Waals surface area contributed by atoms with Crippen molar-refractivity contribution >= 4 is 11.7 Å². The van der Waals surface area contributed by atoms with Crippen LogP contribution in [0.4, 0.5) is 10.2 Å². The van der Waals surface area contributed by atoms with Crippen LogP contribution in [0.25, 0.3) is 0 Å². The largest absolute Gasteiger partial charge is 0.497 e. The number of benzene rings is 2. The molecule has 0 saturated carbocycles. The first-order valence-electron chi connectivity index (χ1n) is 10.2. The molecule has 0 aliphatic carbocycles. The van der Waals surface area contributed by atoms with Gasteiger partial charge in [0, 0.05) is 19.0 Å². The van der Waals surface area contributed by atoms with Crippen LogP contribution in [0.3, 0.4) is 0 Å². The van der Waals surface area contributed by atoms with E-state index >= 15 is 0 Å². The minimum Gasteiger partial charge on any atom is -0.497 e. The molecule has 3 rings (SSSR count). The Morgan fingerprint density at radius 1 is 1.03 bits per heavy atom. The zero-order valence-electron chi connectivity index (χ0n) is 17.8. The lowest BCUT2D eigenvalue weighted by Crippen LogP contribution is -2.41. The van der Waals surface area contributed by atoms with E-state index in [0.29, 0.717) is 36.5 Å². The van der Waals surface area contributed by atoms with Crippen molar-refractivity contribution in [2.45, 2.75) is 25.9 Å². The number of hydrogen-bond donors (Lipinski definition) is 3. The molecule has 4 N–H and O–H groups in total. The lowest BCUT2D eigenvalue weighted by molar-refractivity contribution is 0.414. The van der Waals surface area contributed by atoms with Gasteiger partial charge in [-0.2, -0.15) is 0 Å². The molecule has 0 bridgehead atoms. The molecule has 8 nitrogen and oxygen atoms in total. The first kappa shape index (κ1) is 22.8. The summed E-state index contributed by atoms with van der Waals surface area (Å²) in [6.45, 7) is 0.718. The summed E-state index contributed by atoms with van der Waals surface area (Å²) in [5, 5.41) is 10.4. The van der Waals surface area contributed by atoms with Gasteiger partial charge in [0.25, 0.3) is 5.56 Å². The second-order valence-electron chi connectivity index (χ2n) is 7.35. The van der Waals surface area contributed by atoms with Crippen molar-refractivity contribution in [1.82, 2.24) is 9.13 Å². The van der Waals surface area contributed by atoms with Crippen LogP contribution in [0.15, 0.2) is 64.2 Å². The molecule has 3 aromatic rings. The number of aromatic nitrogens is 2. The second-order valence-corrected chi connectivity index (χ2v) is 7.35. The number of rotatable bonds is 10. The van der Waals surface area contributed by atoms with E-state index in [1.165, 1.54) is 22.8 Å². The molecule has 2 aromatic carbocycles. The minimum absolute atomic E-state index is 0.0329. The fraction of sp³-hybridized carbons (Fsp3) is 0.261. The Kier molecular flexibility index (Phi) is 7.43. The summed E-state index contributed by atoms with van der Waals surface area (Å²) in [7, 11) is 1.58. The molecule has 0 spiro atoms. The third-order valence-corrected chi connectivity index (χ3v) is 4.96. The lowest BCUT2D eigenvalue weighted by atomic mass is 10.2. The van der Waals surface area contributed by atoms with E-state index in [0.717, 1.165) is 10.1 Å². The molecule has 0 aliphatic rings. The Hall–Kier alpha value is -3.88. The molecule has 0 fully saturated rings. The van der Waals surface area contributed by atoms with Gasteiger partial charge in [-0.25, -0.2) is 9.18 Å². The summed E-state index contributed by atoms with van der Waals surface area (Å²) < 4.78 is 21.0. The summed E-state index contributed by atoms with van der Waals surface area (Å²) in [5.41, 5.74) is 5.95. The molecule has 32 heavy (non-hydrogen) atoms. The molecular weight excluding hydrogens is 413 g/mol. The maximum atomic E-state index is 13.3. The highest BCUT2D eigenvalue weighted by molar-refractivity contribution is 5.76. The van der Waals surface area contributed by atoms with Gasteiger partial charge in [-0.1, -0.05) is 24.3 Å². The van der Waals surface area contributed by atoms with Crippen LogP contribution in [0.2, 0.25) is 0 Å². The Balaban J connectivity index is 1.95. The maximum Gasteiger partial charge on any atom is 0.333 e. The van der Waals surface area contributed by atoms with Crippen LogP contribution in [-0.2, 0) is 13.1 Å².